The number of rotatable bonds is 3. The van der Waals surface area contributed by atoms with Crippen LogP contribution in [0, 0.1) is 0 Å². The zero-order valence-corrected chi connectivity index (χ0v) is 10.8. The number of thiazole rings is 1. The Kier molecular flexibility index (Phi) is 3.76. The molecule has 0 aliphatic heterocycles. The van der Waals surface area contributed by atoms with Crippen molar-refractivity contribution >= 4 is 34.0 Å². The number of hydrogen-bond acceptors (Lipinski definition) is 3. The zero-order chi connectivity index (χ0) is 12.3. The summed E-state index contributed by atoms with van der Waals surface area (Å²) in [5, 5.41) is 4.04. The molecule has 2 aromatic rings. The van der Waals surface area contributed by atoms with Gasteiger partial charge in [0.15, 0.2) is 5.13 Å². The summed E-state index contributed by atoms with van der Waals surface area (Å²) >= 11 is 7.30. The molecule has 5 heteroatoms. The zero-order valence-electron chi connectivity index (χ0n) is 9.24. The Labute approximate surface area is 108 Å². The Bertz CT molecular complexity index is 522. The number of halogens is 1. The molecule has 0 fully saturated rings. The van der Waals surface area contributed by atoms with Gasteiger partial charge in [0.1, 0.15) is 0 Å². The minimum Gasteiger partial charge on any atom is -0.302 e. The summed E-state index contributed by atoms with van der Waals surface area (Å²) in [6, 6.07) is 7.71. The van der Waals surface area contributed by atoms with Gasteiger partial charge in [-0.1, -0.05) is 23.7 Å². The molecule has 1 aromatic heterocycles. The number of hydrogen-bond donors (Lipinski definition) is 1. The van der Waals surface area contributed by atoms with E-state index < -0.39 is 0 Å². The monoisotopic (exact) mass is 266 g/mol. The fourth-order valence-electron chi connectivity index (χ4n) is 1.40. The number of carbonyl (C=O) groups is 1. The van der Waals surface area contributed by atoms with Crippen molar-refractivity contribution in [3.05, 3.63) is 45.9 Å². The van der Waals surface area contributed by atoms with Crippen LogP contribution in [0.25, 0.3) is 0 Å². The van der Waals surface area contributed by atoms with E-state index in [1.54, 1.807) is 6.20 Å². The van der Waals surface area contributed by atoms with Crippen LogP contribution in [0.15, 0.2) is 30.5 Å². The van der Waals surface area contributed by atoms with Crippen molar-refractivity contribution in [3.63, 3.8) is 0 Å². The third-order valence-electron chi connectivity index (χ3n) is 2.13. The Morgan fingerprint density at radius 1 is 1.41 bits per heavy atom. The van der Waals surface area contributed by atoms with Gasteiger partial charge in [-0.15, -0.1) is 11.3 Å². The van der Waals surface area contributed by atoms with Crippen molar-refractivity contribution in [2.75, 3.05) is 5.32 Å². The molecule has 0 aliphatic rings. The van der Waals surface area contributed by atoms with Crippen LogP contribution in [0.3, 0.4) is 0 Å². The Morgan fingerprint density at radius 3 is 2.76 bits per heavy atom. The van der Waals surface area contributed by atoms with E-state index in [4.69, 9.17) is 11.6 Å². The van der Waals surface area contributed by atoms with Gasteiger partial charge in [-0.3, -0.25) is 4.79 Å². The van der Waals surface area contributed by atoms with E-state index in [9.17, 15) is 4.79 Å². The number of benzene rings is 1. The molecule has 1 N–H and O–H groups in total. The molecule has 3 nitrogen and oxygen atoms in total. The van der Waals surface area contributed by atoms with E-state index in [2.05, 4.69) is 10.3 Å². The number of carbonyl (C=O) groups excluding carboxylic acids is 1. The highest BCUT2D eigenvalue weighted by molar-refractivity contribution is 7.15. The first kappa shape index (κ1) is 12.1. The van der Waals surface area contributed by atoms with Crippen LogP contribution in [0.5, 0.6) is 0 Å². The van der Waals surface area contributed by atoms with Crippen molar-refractivity contribution in [2.24, 2.45) is 0 Å². The molecule has 0 saturated carbocycles. The molecular formula is C12H11ClN2OS. The summed E-state index contributed by atoms with van der Waals surface area (Å²) in [6.45, 7) is 1.47. The first-order chi connectivity index (χ1) is 8.13. The summed E-state index contributed by atoms with van der Waals surface area (Å²) in [7, 11) is 0. The summed E-state index contributed by atoms with van der Waals surface area (Å²) in [5.74, 6) is -0.0996. The number of aromatic nitrogens is 1. The second-order valence-electron chi connectivity index (χ2n) is 3.62. The lowest BCUT2D eigenvalue weighted by molar-refractivity contribution is -0.114. The average Bonchev–Trinajstić information content (AvgIpc) is 2.68. The molecule has 1 amide bonds. The minimum absolute atomic E-state index is 0.0996. The molecule has 0 bridgehead atoms. The van der Waals surface area contributed by atoms with E-state index in [0.29, 0.717) is 5.13 Å². The van der Waals surface area contributed by atoms with Gasteiger partial charge in [0, 0.05) is 29.4 Å². The van der Waals surface area contributed by atoms with E-state index in [1.165, 1.54) is 23.8 Å². The Hall–Kier alpha value is -1.39. The summed E-state index contributed by atoms with van der Waals surface area (Å²) < 4.78 is 0. The van der Waals surface area contributed by atoms with E-state index in [-0.39, 0.29) is 5.91 Å². The molecule has 0 unspecified atom stereocenters. The Balaban J connectivity index is 2.06. The lowest BCUT2D eigenvalue weighted by atomic mass is 10.1. The topological polar surface area (TPSA) is 42.0 Å². The molecule has 0 radical (unpaired) electrons. The standard InChI is InChI=1S/C12H11ClN2OS/c1-8(16)15-12-14-7-11(17-12)6-9-2-4-10(13)5-3-9/h2-5,7H,6H2,1H3,(H,14,15,16). The van der Waals surface area contributed by atoms with Crippen molar-refractivity contribution in [2.45, 2.75) is 13.3 Å². The van der Waals surface area contributed by atoms with Gasteiger partial charge < -0.3 is 5.32 Å². The number of amides is 1. The SMILES string of the molecule is CC(=O)Nc1ncc(Cc2ccc(Cl)cc2)s1. The predicted molar refractivity (Wildman–Crippen MR) is 70.7 cm³/mol. The second kappa shape index (κ2) is 5.29. The highest BCUT2D eigenvalue weighted by atomic mass is 35.5. The third-order valence-corrected chi connectivity index (χ3v) is 3.29. The predicted octanol–water partition coefficient (Wildman–Crippen LogP) is 3.35. The van der Waals surface area contributed by atoms with Crippen molar-refractivity contribution < 1.29 is 4.79 Å². The lowest BCUT2D eigenvalue weighted by Gasteiger charge is -1.98. The molecule has 1 aromatic carbocycles. The van der Waals surface area contributed by atoms with Crippen LogP contribution < -0.4 is 5.32 Å². The van der Waals surface area contributed by atoms with E-state index >= 15 is 0 Å². The van der Waals surface area contributed by atoms with Gasteiger partial charge in [-0.2, -0.15) is 0 Å². The van der Waals surface area contributed by atoms with Crippen LogP contribution in [-0.4, -0.2) is 10.9 Å². The third kappa shape index (κ3) is 3.54. The summed E-state index contributed by atoms with van der Waals surface area (Å²) in [6.07, 6.45) is 2.58. The van der Waals surface area contributed by atoms with E-state index in [0.717, 1.165) is 16.3 Å². The normalized spacial score (nSPS) is 10.2. The smallest absolute Gasteiger partial charge is 0.223 e. The second-order valence-corrected chi connectivity index (χ2v) is 5.17. The molecule has 1 heterocycles. The maximum atomic E-state index is 10.9. The average molecular weight is 267 g/mol. The first-order valence-electron chi connectivity index (χ1n) is 5.10. The van der Waals surface area contributed by atoms with Gasteiger partial charge in [-0.25, -0.2) is 4.98 Å². The molecule has 88 valence electrons. The van der Waals surface area contributed by atoms with Crippen molar-refractivity contribution in [3.8, 4) is 0 Å². The number of anilines is 1. The van der Waals surface area contributed by atoms with Crippen molar-refractivity contribution in [1.29, 1.82) is 0 Å². The molecule has 0 saturated heterocycles. The van der Waals surface area contributed by atoms with Crippen LogP contribution in [0.1, 0.15) is 17.4 Å². The van der Waals surface area contributed by atoms with Crippen LogP contribution >= 0.6 is 22.9 Å². The number of nitrogens with one attached hydrogen (secondary N) is 1. The summed E-state index contributed by atoms with van der Waals surface area (Å²) in [5.41, 5.74) is 1.17. The van der Waals surface area contributed by atoms with Gasteiger partial charge in [-0.05, 0) is 17.7 Å². The van der Waals surface area contributed by atoms with Gasteiger partial charge in [0.05, 0.1) is 0 Å². The maximum absolute atomic E-state index is 10.9. The number of nitrogens with zero attached hydrogens (tertiary/aromatic N) is 1. The van der Waals surface area contributed by atoms with Gasteiger partial charge in [0.25, 0.3) is 0 Å². The van der Waals surface area contributed by atoms with E-state index in [1.807, 2.05) is 24.3 Å². The van der Waals surface area contributed by atoms with Crippen LogP contribution in [0.4, 0.5) is 5.13 Å². The maximum Gasteiger partial charge on any atom is 0.223 e. The quantitative estimate of drug-likeness (QED) is 0.926. The fourth-order valence-corrected chi connectivity index (χ4v) is 2.42. The molecule has 2 rings (SSSR count). The van der Waals surface area contributed by atoms with Gasteiger partial charge >= 0.3 is 0 Å². The summed E-state index contributed by atoms with van der Waals surface area (Å²) in [4.78, 5) is 16.1. The lowest BCUT2D eigenvalue weighted by Crippen LogP contribution is -2.04. The fraction of sp³-hybridized carbons (Fsp3) is 0.167. The van der Waals surface area contributed by atoms with Crippen LogP contribution in [-0.2, 0) is 11.2 Å². The molecule has 0 spiro atoms. The molecular weight excluding hydrogens is 256 g/mol. The Morgan fingerprint density at radius 2 is 2.12 bits per heavy atom. The molecule has 17 heavy (non-hydrogen) atoms. The van der Waals surface area contributed by atoms with Gasteiger partial charge in [0.2, 0.25) is 5.91 Å². The minimum atomic E-state index is -0.0996. The molecule has 0 aliphatic carbocycles. The highest BCUT2D eigenvalue weighted by Crippen LogP contribution is 2.21. The van der Waals surface area contributed by atoms with Crippen LogP contribution in [0.2, 0.25) is 5.02 Å². The highest BCUT2D eigenvalue weighted by Gasteiger charge is 2.04. The van der Waals surface area contributed by atoms with Crippen molar-refractivity contribution in [1.82, 2.24) is 4.98 Å². The largest absolute Gasteiger partial charge is 0.302 e. The molecule has 0 atom stereocenters. The first-order valence-corrected chi connectivity index (χ1v) is 6.29.